The molecule has 2 aromatic heterocycles. The first-order valence-corrected chi connectivity index (χ1v) is 13.5. The highest BCUT2D eigenvalue weighted by atomic mass is 16.6. The van der Waals surface area contributed by atoms with E-state index in [1.807, 2.05) is 45.0 Å². The lowest BCUT2D eigenvalue weighted by Gasteiger charge is -2.33. The number of aromatic nitrogens is 5. The fourth-order valence-electron chi connectivity index (χ4n) is 5.03. The third-order valence-electron chi connectivity index (χ3n) is 7.19. The second kappa shape index (κ2) is 11.0. The van der Waals surface area contributed by atoms with Gasteiger partial charge in [0, 0.05) is 25.0 Å². The number of ether oxygens (including phenoxy) is 2. The van der Waals surface area contributed by atoms with Crippen molar-refractivity contribution < 1.29 is 19.1 Å². The number of anilines is 1. The maximum Gasteiger partial charge on any atom is 0.410 e. The highest BCUT2D eigenvalue weighted by Crippen LogP contribution is 2.28. The van der Waals surface area contributed by atoms with E-state index >= 15 is 0 Å². The van der Waals surface area contributed by atoms with Gasteiger partial charge >= 0.3 is 6.09 Å². The molecule has 0 unspecified atom stereocenters. The van der Waals surface area contributed by atoms with Crippen molar-refractivity contribution in [2.75, 3.05) is 25.0 Å². The maximum absolute atomic E-state index is 12.3. The van der Waals surface area contributed by atoms with E-state index in [0.717, 1.165) is 37.1 Å². The Hall–Kier alpha value is -3.96. The highest BCUT2D eigenvalue weighted by molar-refractivity contribution is 5.77. The van der Waals surface area contributed by atoms with Crippen molar-refractivity contribution in [2.45, 2.75) is 64.5 Å². The Morgan fingerprint density at radius 3 is 2.51 bits per heavy atom. The number of piperidine rings is 1. The van der Waals surface area contributed by atoms with Crippen molar-refractivity contribution in [3.8, 4) is 11.4 Å². The summed E-state index contributed by atoms with van der Waals surface area (Å²) in [6.45, 7) is 7.57. The number of rotatable bonds is 7. The van der Waals surface area contributed by atoms with Crippen molar-refractivity contribution in [3.63, 3.8) is 0 Å². The molecule has 39 heavy (non-hydrogen) atoms. The second-order valence-electron chi connectivity index (χ2n) is 11.4. The molecule has 3 N–H and O–H groups in total. The molecule has 1 aliphatic heterocycles. The highest BCUT2D eigenvalue weighted by Gasteiger charge is 2.29. The lowest BCUT2D eigenvalue weighted by atomic mass is 9.98. The molecule has 12 heteroatoms. The number of nitrogens with zero attached hydrogens (tertiary/aromatic N) is 6. The monoisotopic (exact) mass is 536 g/mol. The van der Waals surface area contributed by atoms with Gasteiger partial charge in [-0.2, -0.15) is 9.67 Å². The molecule has 0 bridgehead atoms. The largest absolute Gasteiger partial charge is 0.493 e. The molecule has 2 atom stereocenters. The first-order valence-electron chi connectivity index (χ1n) is 13.5. The van der Waals surface area contributed by atoms with Crippen molar-refractivity contribution >= 4 is 29.1 Å². The Morgan fingerprint density at radius 1 is 1.10 bits per heavy atom. The Kier molecular flexibility index (Phi) is 7.53. The Balaban J connectivity index is 1.16. The molecule has 2 aliphatic rings. The minimum atomic E-state index is -0.485. The Labute approximate surface area is 227 Å². The number of hydrogen-bond acceptors (Lipinski definition) is 9. The third-order valence-corrected chi connectivity index (χ3v) is 7.19. The third kappa shape index (κ3) is 6.55. The van der Waals surface area contributed by atoms with Gasteiger partial charge in [0.1, 0.15) is 11.4 Å². The number of hydrogen-bond donors (Lipinski definition) is 2. The number of amides is 2. The van der Waals surface area contributed by atoms with Gasteiger partial charge in [-0.05, 0) is 83.1 Å². The average Bonchev–Trinajstić information content (AvgIpc) is 3.54. The van der Waals surface area contributed by atoms with Gasteiger partial charge in [-0.15, -0.1) is 5.10 Å². The molecule has 0 spiro atoms. The van der Waals surface area contributed by atoms with Gasteiger partial charge in [0.15, 0.2) is 11.2 Å². The quantitative estimate of drug-likeness (QED) is 0.463. The Bertz CT molecular complexity index is 1310. The number of likely N-dealkylation sites (tertiary alicyclic amines) is 1. The molecule has 1 saturated carbocycles. The van der Waals surface area contributed by atoms with Crippen molar-refractivity contribution in [3.05, 3.63) is 30.5 Å². The number of fused-ring (bicyclic) bond motifs is 1. The van der Waals surface area contributed by atoms with Gasteiger partial charge in [-0.25, -0.2) is 9.78 Å². The summed E-state index contributed by atoms with van der Waals surface area (Å²) in [6.07, 6.45) is 5.44. The zero-order valence-electron chi connectivity index (χ0n) is 22.7. The lowest BCUT2D eigenvalue weighted by molar-refractivity contribution is -0.121. The molecule has 1 aromatic carbocycles. The summed E-state index contributed by atoms with van der Waals surface area (Å²) >= 11 is 0. The van der Waals surface area contributed by atoms with Gasteiger partial charge in [0.25, 0.3) is 0 Å². The molecule has 3 aromatic rings. The van der Waals surface area contributed by atoms with Gasteiger partial charge in [-0.3, -0.25) is 4.79 Å². The molecule has 208 valence electrons. The number of benzene rings is 1. The molecule has 12 nitrogen and oxygen atoms in total. The van der Waals surface area contributed by atoms with E-state index in [1.165, 1.54) is 0 Å². The normalized spacial score (nSPS) is 20.2. The number of primary amides is 1. The summed E-state index contributed by atoms with van der Waals surface area (Å²) < 4.78 is 13.2. The minimum absolute atomic E-state index is 0.102. The average molecular weight is 537 g/mol. The van der Waals surface area contributed by atoms with E-state index < -0.39 is 5.60 Å². The zero-order valence-corrected chi connectivity index (χ0v) is 22.7. The van der Waals surface area contributed by atoms with E-state index in [9.17, 15) is 9.59 Å². The van der Waals surface area contributed by atoms with E-state index in [1.54, 1.807) is 15.8 Å². The summed E-state index contributed by atoms with van der Waals surface area (Å²) in [5.74, 6) is 1.25. The van der Waals surface area contributed by atoms with Crippen LogP contribution >= 0.6 is 0 Å². The summed E-state index contributed by atoms with van der Waals surface area (Å²) in [5, 5.41) is 11.8. The van der Waals surface area contributed by atoms with E-state index in [0.29, 0.717) is 49.1 Å². The van der Waals surface area contributed by atoms with Crippen LogP contribution in [-0.2, 0) is 9.53 Å². The SMILES string of the molecule is CC(C)(C)OC(=O)N1CCC(COc2ccc(-n3nnc4cnc(N[C@@H]5CC[C@@H](C(N)=O)C5)nc43)cc2)CC1. The van der Waals surface area contributed by atoms with Crippen molar-refractivity contribution in [1.82, 2.24) is 29.9 Å². The minimum Gasteiger partial charge on any atom is -0.493 e. The fraction of sp³-hybridized carbons (Fsp3) is 0.556. The number of nitrogens with one attached hydrogen (secondary N) is 1. The number of nitrogens with two attached hydrogens (primary N) is 1. The first-order chi connectivity index (χ1) is 18.6. The summed E-state index contributed by atoms with van der Waals surface area (Å²) in [5.41, 5.74) is 6.94. The van der Waals surface area contributed by atoms with Crippen LogP contribution in [0.5, 0.6) is 5.75 Å². The molecular weight excluding hydrogens is 500 g/mol. The zero-order chi connectivity index (χ0) is 27.6. The summed E-state index contributed by atoms with van der Waals surface area (Å²) in [6, 6.07) is 7.74. The van der Waals surface area contributed by atoms with Gasteiger partial charge < -0.3 is 25.4 Å². The molecule has 0 radical (unpaired) electrons. The van der Waals surface area contributed by atoms with Crippen LogP contribution in [0, 0.1) is 11.8 Å². The van der Waals surface area contributed by atoms with Crippen LogP contribution < -0.4 is 15.8 Å². The Morgan fingerprint density at radius 2 is 1.85 bits per heavy atom. The van der Waals surface area contributed by atoms with E-state index in [4.69, 9.17) is 15.2 Å². The molecule has 5 rings (SSSR count). The van der Waals surface area contributed by atoms with E-state index in [2.05, 4.69) is 25.6 Å². The van der Waals surface area contributed by atoms with E-state index in [-0.39, 0.29) is 24.0 Å². The van der Waals surface area contributed by atoms with Crippen molar-refractivity contribution in [1.29, 1.82) is 0 Å². The molecule has 2 amide bonds. The van der Waals surface area contributed by atoms with Crippen LogP contribution in [0.2, 0.25) is 0 Å². The summed E-state index contributed by atoms with van der Waals surface area (Å²) in [7, 11) is 0. The summed E-state index contributed by atoms with van der Waals surface area (Å²) in [4.78, 5) is 34.5. The van der Waals surface area contributed by atoms with Crippen LogP contribution in [0.15, 0.2) is 30.5 Å². The fourth-order valence-corrected chi connectivity index (χ4v) is 5.03. The van der Waals surface area contributed by atoms with Gasteiger partial charge in [0.05, 0.1) is 18.5 Å². The number of carbonyl (C=O) groups excluding carboxylic acids is 2. The molecular formula is C27H36N8O4. The number of carbonyl (C=O) groups is 2. The van der Waals surface area contributed by atoms with Crippen LogP contribution in [0.4, 0.5) is 10.7 Å². The van der Waals surface area contributed by atoms with Crippen molar-refractivity contribution in [2.24, 2.45) is 17.6 Å². The smallest absolute Gasteiger partial charge is 0.410 e. The second-order valence-corrected chi connectivity index (χ2v) is 11.4. The molecule has 1 saturated heterocycles. The lowest BCUT2D eigenvalue weighted by Crippen LogP contribution is -2.42. The van der Waals surface area contributed by atoms with Gasteiger partial charge in [-0.1, -0.05) is 5.21 Å². The maximum atomic E-state index is 12.3. The molecule has 1 aliphatic carbocycles. The van der Waals surface area contributed by atoms with Gasteiger partial charge in [0.2, 0.25) is 11.9 Å². The first kappa shape index (κ1) is 26.6. The standard InChI is InChI=1S/C27H36N8O4/c1-27(2,3)39-26(37)34-12-10-17(11-13-34)16-38-21-8-6-20(7-9-21)35-24-22(32-33-35)15-29-25(31-24)30-19-5-4-18(14-19)23(28)36/h6-9,15,17-19H,4-5,10-14,16H2,1-3H3,(H2,28,36)(H,29,30,31)/t18-,19-/m1/s1. The van der Waals surface area contributed by atoms with Crippen LogP contribution in [0.1, 0.15) is 52.9 Å². The van der Waals surface area contributed by atoms with Crippen LogP contribution in [0.25, 0.3) is 16.9 Å². The topological polar surface area (TPSA) is 150 Å². The van der Waals surface area contributed by atoms with Crippen LogP contribution in [-0.4, -0.2) is 73.2 Å². The molecule has 3 heterocycles. The predicted molar refractivity (Wildman–Crippen MR) is 144 cm³/mol. The predicted octanol–water partition coefficient (Wildman–Crippen LogP) is 3.30. The molecule has 2 fully saturated rings. The van der Waals surface area contributed by atoms with Crippen LogP contribution in [0.3, 0.4) is 0 Å².